The van der Waals surface area contributed by atoms with Gasteiger partial charge in [-0.3, -0.25) is 0 Å². The van der Waals surface area contributed by atoms with Gasteiger partial charge in [-0.1, -0.05) is 40.0 Å². The van der Waals surface area contributed by atoms with Crippen LogP contribution in [0.1, 0.15) is 27.2 Å². The Morgan fingerprint density at radius 1 is 1.33 bits per heavy atom. The summed E-state index contributed by atoms with van der Waals surface area (Å²) in [6.07, 6.45) is 5.54. The molecule has 0 N–H and O–H groups in total. The van der Waals surface area contributed by atoms with Gasteiger partial charge in [-0.15, -0.1) is 0 Å². The summed E-state index contributed by atoms with van der Waals surface area (Å²) < 4.78 is 0. The van der Waals surface area contributed by atoms with E-state index in [0.717, 1.165) is 12.3 Å². The molecule has 0 amide bonds. The van der Waals surface area contributed by atoms with Gasteiger partial charge in [0.05, 0.1) is 0 Å². The van der Waals surface area contributed by atoms with E-state index in [4.69, 9.17) is 0 Å². The molecule has 0 aliphatic carbocycles. The summed E-state index contributed by atoms with van der Waals surface area (Å²) in [7, 11) is 0. The van der Waals surface area contributed by atoms with Gasteiger partial charge >= 0.3 is 0 Å². The zero-order valence-corrected chi connectivity index (χ0v) is 8.25. The second kappa shape index (κ2) is 12.5. The smallest absolute Gasteiger partial charge is 0.127 e. The van der Waals surface area contributed by atoms with E-state index in [0.29, 0.717) is 0 Å². The molecule has 0 aliphatic heterocycles. The second-order valence-electron chi connectivity index (χ2n) is 1.60. The molecule has 0 atom stereocenters. The molecule has 0 aromatic heterocycles. The summed E-state index contributed by atoms with van der Waals surface area (Å²) >= 11 is 0. The van der Waals surface area contributed by atoms with Crippen molar-refractivity contribution in [2.75, 3.05) is 0 Å². The van der Waals surface area contributed by atoms with Gasteiger partial charge in [0.2, 0.25) is 0 Å². The average molecular weight is 166 g/mol. The molecule has 0 spiro atoms. The van der Waals surface area contributed by atoms with Crippen LogP contribution in [-0.2, 0) is 0 Å². The molecule has 68 valence electrons. The highest BCUT2D eigenvalue weighted by Gasteiger charge is 1.84. The largest absolute Gasteiger partial charge is 0.242 e. The molecule has 0 aromatic rings. The van der Waals surface area contributed by atoms with Crippen LogP contribution in [0.2, 0.25) is 0 Å². The second-order valence-corrected chi connectivity index (χ2v) is 1.60. The molecular formula is C10H18N2. The normalized spacial score (nSPS) is 10.4. The lowest BCUT2D eigenvalue weighted by Crippen LogP contribution is -1.89. The third kappa shape index (κ3) is 8.82. The van der Waals surface area contributed by atoms with E-state index < -0.39 is 0 Å². The minimum atomic E-state index is 0.773. The summed E-state index contributed by atoms with van der Waals surface area (Å²) in [5, 5.41) is 0. The Hall–Kier alpha value is -1.18. The van der Waals surface area contributed by atoms with Gasteiger partial charge in [-0.2, -0.15) is 0 Å². The van der Waals surface area contributed by atoms with Crippen molar-refractivity contribution in [2.45, 2.75) is 27.2 Å². The van der Waals surface area contributed by atoms with Gasteiger partial charge in [-0.05, 0) is 0 Å². The van der Waals surface area contributed by atoms with Crippen molar-refractivity contribution in [3.05, 3.63) is 25.4 Å². The number of amidine groups is 1. The first-order valence-corrected chi connectivity index (χ1v) is 4.17. The molecule has 0 heterocycles. The summed E-state index contributed by atoms with van der Waals surface area (Å²) in [4.78, 5) is 7.90. The Balaban J connectivity index is 0. The molecule has 0 saturated heterocycles. The van der Waals surface area contributed by atoms with E-state index in [9.17, 15) is 0 Å². The van der Waals surface area contributed by atoms with E-state index in [1.54, 1.807) is 12.3 Å². The Labute approximate surface area is 75.4 Å². The van der Waals surface area contributed by atoms with Crippen molar-refractivity contribution in [2.24, 2.45) is 9.98 Å². The Morgan fingerprint density at radius 2 is 1.92 bits per heavy atom. The molecule has 0 aromatic carbocycles. The molecule has 0 radical (unpaired) electrons. The Bertz CT molecular complexity index is 167. The highest BCUT2D eigenvalue weighted by atomic mass is 14.9. The van der Waals surface area contributed by atoms with E-state index in [2.05, 4.69) is 23.1 Å². The molecule has 0 aliphatic rings. The Morgan fingerprint density at radius 3 is 2.25 bits per heavy atom. The van der Waals surface area contributed by atoms with Gasteiger partial charge in [0, 0.05) is 18.8 Å². The number of hydrogen-bond acceptors (Lipinski definition) is 1. The van der Waals surface area contributed by atoms with E-state index in [1.807, 2.05) is 20.8 Å². The van der Waals surface area contributed by atoms with Crippen molar-refractivity contribution in [3.8, 4) is 0 Å². The van der Waals surface area contributed by atoms with Gasteiger partial charge in [0.25, 0.3) is 0 Å². The van der Waals surface area contributed by atoms with Crippen LogP contribution in [0.25, 0.3) is 0 Å². The van der Waals surface area contributed by atoms with E-state index in [1.165, 1.54) is 6.20 Å². The molecule has 0 unspecified atom stereocenters. The van der Waals surface area contributed by atoms with E-state index in [-0.39, 0.29) is 0 Å². The van der Waals surface area contributed by atoms with Crippen LogP contribution in [0.3, 0.4) is 0 Å². The number of nitrogens with zero attached hydrogens (tertiary/aromatic N) is 2. The third-order valence-corrected chi connectivity index (χ3v) is 0.886. The maximum Gasteiger partial charge on any atom is 0.127 e. The fourth-order valence-electron chi connectivity index (χ4n) is 0.460. The van der Waals surface area contributed by atoms with Crippen LogP contribution in [0, 0.1) is 0 Å². The summed E-state index contributed by atoms with van der Waals surface area (Å²) in [6, 6.07) is 0. The molecule has 2 nitrogen and oxygen atoms in total. The molecule has 0 fully saturated rings. The molecule has 0 saturated carbocycles. The summed E-state index contributed by atoms with van der Waals surface area (Å²) in [6.45, 7) is 13.0. The van der Waals surface area contributed by atoms with Crippen LogP contribution >= 0.6 is 0 Å². The monoisotopic (exact) mass is 166 g/mol. The lowest BCUT2D eigenvalue weighted by atomic mass is 10.4. The number of hydrogen-bond donors (Lipinski definition) is 0. The lowest BCUT2D eigenvalue weighted by Gasteiger charge is -1.89. The SMILES string of the molecule is C=CC=NC(CC)=NC=C.CC. The highest BCUT2D eigenvalue weighted by molar-refractivity contribution is 5.92. The zero-order valence-electron chi connectivity index (χ0n) is 8.25. The molecule has 2 heteroatoms. The molecular weight excluding hydrogens is 148 g/mol. The van der Waals surface area contributed by atoms with Crippen LogP contribution in [0.15, 0.2) is 35.4 Å². The Kier molecular flexibility index (Phi) is 14.0. The van der Waals surface area contributed by atoms with Gasteiger partial charge in [0.1, 0.15) is 5.84 Å². The lowest BCUT2D eigenvalue weighted by molar-refractivity contribution is 1.24. The highest BCUT2D eigenvalue weighted by Crippen LogP contribution is 1.87. The standard InChI is InChI=1S/C8H12N2.C2H6/c1-4-7-10-8(5-2)9-6-3;1-2/h4,6-7H,1,3,5H2,2H3;1-2H3. The predicted molar refractivity (Wildman–Crippen MR) is 58.0 cm³/mol. The van der Waals surface area contributed by atoms with Crippen LogP contribution < -0.4 is 0 Å². The van der Waals surface area contributed by atoms with Crippen molar-refractivity contribution in [1.29, 1.82) is 0 Å². The summed E-state index contributed by atoms with van der Waals surface area (Å²) in [5.41, 5.74) is 0. The fraction of sp³-hybridized carbons (Fsp3) is 0.400. The van der Waals surface area contributed by atoms with Crippen molar-refractivity contribution in [1.82, 2.24) is 0 Å². The molecule has 0 bridgehead atoms. The van der Waals surface area contributed by atoms with Gasteiger partial charge < -0.3 is 0 Å². The molecule has 0 rings (SSSR count). The van der Waals surface area contributed by atoms with Crippen LogP contribution in [0.4, 0.5) is 0 Å². The van der Waals surface area contributed by atoms with Gasteiger partial charge in [0.15, 0.2) is 0 Å². The van der Waals surface area contributed by atoms with Crippen molar-refractivity contribution >= 4 is 12.1 Å². The minimum absolute atomic E-state index is 0.773. The van der Waals surface area contributed by atoms with Crippen LogP contribution in [-0.4, -0.2) is 12.1 Å². The topological polar surface area (TPSA) is 24.7 Å². The van der Waals surface area contributed by atoms with Crippen molar-refractivity contribution < 1.29 is 0 Å². The van der Waals surface area contributed by atoms with Crippen LogP contribution in [0.5, 0.6) is 0 Å². The first kappa shape index (κ1) is 13.4. The maximum atomic E-state index is 3.99. The first-order valence-electron chi connectivity index (χ1n) is 4.17. The number of rotatable bonds is 3. The third-order valence-electron chi connectivity index (χ3n) is 0.886. The average Bonchev–Trinajstić information content (AvgIpc) is 2.15. The van der Waals surface area contributed by atoms with Crippen molar-refractivity contribution in [3.63, 3.8) is 0 Å². The summed E-state index contributed by atoms with van der Waals surface area (Å²) in [5.74, 6) is 0.773. The first-order chi connectivity index (χ1) is 5.85. The number of allylic oxidation sites excluding steroid dienone is 1. The van der Waals surface area contributed by atoms with E-state index >= 15 is 0 Å². The maximum absolute atomic E-state index is 3.99. The molecule has 12 heavy (non-hydrogen) atoms. The predicted octanol–water partition coefficient (Wildman–Crippen LogP) is 3.22. The van der Waals surface area contributed by atoms with Gasteiger partial charge in [-0.25, -0.2) is 9.98 Å². The zero-order chi connectivity index (χ0) is 9.82. The fourth-order valence-corrected chi connectivity index (χ4v) is 0.460. The minimum Gasteiger partial charge on any atom is -0.242 e. The number of aliphatic imine (C=N–C) groups is 2. The quantitative estimate of drug-likeness (QED) is 0.454.